The lowest BCUT2D eigenvalue weighted by Gasteiger charge is -2.19. The summed E-state index contributed by atoms with van der Waals surface area (Å²) in [6.45, 7) is 7.85. The summed E-state index contributed by atoms with van der Waals surface area (Å²) in [6.07, 6.45) is 3.65. The summed E-state index contributed by atoms with van der Waals surface area (Å²) in [5.41, 5.74) is 2.13. The number of aryl methyl sites for hydroxylation is 1. The zero-order chi connectivity index (χ0) is 12.6. The largest absolute Gasteiger partial charge is 0.346 e. The highest BCUT2D eigenvalue weighted by Crippen LogP contribution is 2.09. The molecule has 1 amide bonds. The molecule has 0 aliphatic carbocycles. The second-order valence-electron chi connectivity index (χ2n) is 5.30. The predicted molar refractivity (Wildman–Crippen MR) is 67.1 cm³/mol. The molecule has 0 aliphatic heterocycles. The van der Waals surface area contributed by atoms with Crippen molar-refractivity contribution in [3.05, 3.63) is 35.8 Å². The summed E-state index contributed by atoms with van der Waals surface area (Å²) >= 11 is 0. The molecule has 2 aromatic rings. The van der Waals surface area contributed by atoms with Crippen molar-refractivity contribution >= 4 is 11.6 Å². The normalized spacial score (nSPS) is 11.8. The number of pyridine rings is 1. The number of amides is 1. The molecule has 17 heavy (non-hydrogen) atoms. The van der Waals surface area contributed by atoms with Crippen molar-refractivity contribution in [3.63, 3.8) is 0 Å². The van der Waals surface area contributed by atoms with Gasteiger partial charge in [-0.25, -0.2) is 4.98 Å². The average Bonchev–Trinajstić information content (AvgIpc) is 2.57. The molecule has 90 valence electrons. The van der Waals surface area contributed by atoms with Crippen molar-refractivity contribution in [2.45, 2.75) is 33.2 Å². The molecule has 2 rings (SSSR count). The minimum absolute atomic E-state index is 0.140. The number of nitrogens with zero attached hydrogens (tertiary/aromatic N) is 2. The van der Waals surface area contributed by atoms with Crippen molar-refractivity contribution in [2.75, 3.05) is 0 Å². The van der Waals surface area contributed by atoms with Crippen molar-refractivity contribution in [3.8, 4) is 0 Å². The van der Waals surface area contributed by atoms with Crippen molar-refractivity contribution < 1.29 is 4.79 Å². The van der Waals surface area contributed by atoms with Gasteiger partial charge in [-0.05, 0) is 45.4 Å². The molecule has 0 fully saturated rings. The molecule has 4 heteroatoms. The molecule has 1 N–H and O–H groups in total. The van der Waals surface area contributed by atoms with Crippen LogP contribution in [0.3, 0.4) is 0 Å². The summed E-state index contributed by atoms with van der Waals surface area (Å²) < 4.78 is 1.85. The Morgan fingerprint density at radius 1 is 1.41 bits per heavy atom. The van der Waals surface area contributed by atoms with E-state index in [9.17, 15) is 4.79 Å². The average molecular weight is 231 g/mol. The topological polar surface area (TPSA) is 46.4 Å². The first-order valence-corrected chi connectivity index (χ1v) is 5.63. The molecule has 0 atom stereocenters. The Bertz CT molecular complexity index is 564. The van der Waals surface area contributed by atoms with Crippen molar-refractivity contribution in [1.29, 1.82) is 0 Å². The van der Waals surface area contributed by atoms with Crippen LogP contribution in [0.4, 0.5) is 0 Å². The quantitative estimate of drug-likeness (QED) is 0.817. The highest BCUT2D eigenvalue weighted by molar-refractivity contribution is 5.93. The van der Waals surface area contributed by atoms with E-state index in [0.29, 0.717) is 5.69 Å². The second-order valence-corrected chi connectivity index (χ2v) is 5.30. The number of rotatable bonds is 1. The third-order valence-electron chi connectivity index (χ3n) is 2.34. The number of carbonyl (C=O) groups excluding carboxylic acids is 1. The van der Waals surface area contributed by atoms with Crippen LogP contribution in [-0.2, 0) is 0 Å². The van der Waals surface area contributed by atoms with E-state index in [4.69, 9.17) is 0 Å². The maximum atomic E-state index is 11.9. The summed E-state index contributed by atoms with van der Waals surface area (Å²) in [6, 6.07) is 3.94. The SMILES string of the molecule is Cc1ccn2cc(C(=O)NC(C)(C)C)nc2c1. The molecule has 2 aromatic heterocycles. The van der Waals surface area contributed by atoms with Gasteiger partial charge in [0, 0.05) is 17.9 Å². The molecule has 0 unspecified atom stereocenters. The summed E-state index contributed by atoms with van der Waals surface area (Å²) in [5, 5.41) is 2.90. The fourth-order valence-corrected chi connectivity index (χ4v) is 1.60. The highest BCUT2D eigenvalue weighted by Gasteiger charge is 2.17. The minimum atomic E-state index is -0.247. The van der Waals surface area contributed by atoms with Crippen LogP contribution in [0.2, 0.25) is 0 Å². The van der Waals surface area contributed by atoms with Gasteiger partial charge in [0.15, 0.2) is 0 Å². The van der Waals surface area contributed by atoms with E-state index in [1.165, 1.54) is 0 Å². The van der Waals surface area contributed by atoms with E-state index in [-0.39, 0.29) is 11.4 Å². The van der Waals surface area contributed by atoms with Gasteiger partial charge in [-0.3, -0.25) is 4.79 Å². The Balaban J connectivity index is 2.33. The van der Waals surface area contributed by atoms with E-state index in [1.54, 1.807) is 6.20 Å². The van der Waals surface area contributed by atoms with Gasteiger partial charge in [-0.2, -0.15) is 0 Å². The first kappa shape index (κ1) is 11.6. The number of nitrogens with one attached hydrogen (secondary N) is 1. The summed E-state index contributed by atoms with van der Waals surface area (Å²) in [7, 11) is 0. The van der Waals surface area contributed by atoms with Crippen LogP contribution in [0.1, 0.15) is 36.8 Å². The van der Waals surface area contributed by atoms with Crippen LogP contribution in [0.25, 0.3) is 5.65 Å². The molecule has 0 radical (unpaired) electrons. The minimum Gasteiger partial charge on any atom is -0.346 e. The lowest BCUT2D eigenvalue weighted by molar-refractivity contribution is 0.0915. The molecule has 4 nitrogen and oxygen atoms in total. The van der Waals surface area contributed by atoms with Crippen LogP contribution in [-0.4, -0.2) is 20.8 Å². The van der Waals surface area contributed by atoms with Crippen LogP contribution < -0.4 is 5.32 Å². The molecule has 0 aliphatic rings. The van der Waals surface area contributed by atoms with E-state index in [0.717, 1.165) is 11.2 Å². The van der Waals surface area contributed by atoms with Crippen molar-refractivity contribution in [2.24, 2.45) is 0 Å². The Morgan fingerprint density at radius 3 is 2.76 bits per heavy atom. The third kappa shape index (κ3) is 2.64. The standard InChI is InChI=1S/C13H17N3O/c1-9-5-6-16-8-10(14-11(16)7-9)12(17)15-13(2,3)4/h5-8H,1-4H3,(H,15,17). The number of aromatic nitrogens is 2. The van der Waals surface area contributed by atoms with Gasteiger partial charge in [0.05, 0.1) is 0 Å². The predicted octanol–water partition coefficient (Wildman–Crippen LogP) is 2.17. The summed E-state index contributed by atoms with van der Waals surface area (Å²) in [5.74, 6) is -0.140. The van der Waals surface area contributed by atoms with Gasteiger partial charge < -0.3 is 9.72 Å². The fourth-order valence-electron chi connectivity index (χ4n) is 1.60. The third-order valence-corrected chi connectivity index (χ3v) is 2.34. The number of imidazole rings is 1. The van der Waals surface area contributed by atoms with Gasteiger partial charge >= 0.3 is 0 Å². The molecule has 0 saturated heterocycles. The molecule has 0 saturated carbocycles. The van der Waals surface area contributed by atoms with Crippen molar-refractivity contribution in [1.82, 2.24) is 14.7 Å². The van der Waals surface area contributed by atoms with E-state index < -0.39 is 0 Å². The monoisotopic (exact) mass is 231 g/mol. The van der Waals surface area contributed by atoms with Crippen LogP contribution in [0, 0.1) is 6.92 Å². The summed E-state index contributed by atoms with van der Waals surface area (Å²) in [4.78, 5) is 16.2. The molecule has 2 heterocycles. The van der Waals surface area contributed by atoms with Gasteiger partial charge in [-0.1, -0.05) is 0 Å². The maximum Gasteiger partial charge on any atom is 0.271 e. The molecular formula is C13H17N3O. The van der Waals surface area contributed by atoms with Gasteiger partial charge in [0.1, 0.15) is 11.3 Å². The Morgan fingerprint density at radius 2 is 2.12 bits per heavy atom. The lowest BCUT2D eigenvalue weighted by Crippen LogP contribution is -2.40. The highest BCUT2D eigenvalue weighted by atomic mass is 16.2. The van der Waals surface area contributed by atoms with Gasteiger partial charge in [0.25, 0.3) is 5.91 Å². The Labute approximate surface area is 101 Å². The number of fused-ring (bicyclic) bond motifs is 1. The molecular weight excluding hydrogens is 214 g/mol. The maximum absolute atomic E-state index is 11.9. The van der Waals surface area contributed by atoms with Crippen LogP contribution in [0.15, 0.2) is 24.5 Å². The van der Waals surface area contributed by atoms with E-state index in [1.807, 2.05) is 50.4 Å². The lowest BCUT2D eigenvalue weighted by atomic mass is 10.1. The van der Waals surface area contributed by atoms with Crippen LogP contribution >= 0.6 is 0 Å². The van der Waals surface area contributed by atoms with Gasteiger partial charge in [0.2, 0.25) is 0 Å². The first-order valence-electron chi connectivity index (χ1n) is 5.63. The fraction of sp³-hybridized carbons (Fsp3) is 0.385. The van der Waals surface area contributed by atoms with Crippen LogP contribution in [0.5, 0.6) is 0 Å². The zero-order valence-corrected chi connectivity index (χ0v) is 10.6. The molecule has 0 bridgehead atoms. The van der Waals surface area contributed by atoms with E-state index >= 15 is 0 Å². The Hall–Kier alpha value is -1.84. The number of hydrogen-bond acceptors (Lipinski definition) is 2. The molecule has 0 aromatic carbocycles. The Kier molecular flexibility index (Phi) is 2.65. The smallest absolute Gasteiger partial charge is 0.271 e. The second kappa shape index (κ2) is 3.87. The number of carbonyl (C=O) groups is 1. The zero-order valence-electron chi connectivity index (χ0n) is 10.6. The first-order chi connectivity index (χ1) is 7.85. The molecule has 0 spiro atoms. The van der Waals surface area contributed by atoms with Gasteiger partial charge in [-0.15, -0.1) is 0 Å². The number of hydrogen-bond donors (Lipinski definition) is 1. The van der Waals surface area contributed by atoms with E-state index in [2.05, 4.69) is 10.3 Å².